The van der Waals surface area contributed by atoms with Gasteiger partial charge in [-0.3, -0.25) is 4.79 Å². The monoisotopic (exact) mass is 435 g/mol. The van der Waals surface area contributed by atoms with Crippen molar-refractivity contribution >= 4 is 51.9 Å². The fourth-order valence-corrected chi connectivity index (χ4v) is 3.59. The van der Waals surface area contributed by atoms with E-state index in [4.69, 9.17) is 38.0 Å². The molecule has 1 saturated heterocycles. The molecule has 146 valence electrons. The molecule has 5 nitrogen and oxygen atoms in total. The molecular formula is C20H18ClNO4S2. The third kappa shape index (κ3) is 6.24. The van der Waals surface area contributed by atoms with Gasteiger partial charge in [-0.25, -0.2) is 0 Å². The summed E-state index contributed by atoms with van der Waals surface area (Å²) < 4.78 is 17.3. The number of halogens is 1. The molecule has 1 aliphatic heterocycles. The van der Waals surface area contributed by atoms with Gasteiger partial charge >= 0.3 is 0 Å². The Morgan fingerprint density at radius 1 is 1.04 bits per heavy atom. The number of rotatable bonds is 9. The summed E-state index contributed by atoms with van der Waals surface area (Å²) in [6.07, 6.45) is 1.72. The minimum Gasteiger partial charge on any atom is -0.491 e. The molecule has 1 amide bonds. The molecule has 2 aromatic rings. The number of nitrogens with one attached hydrogen (secondary N) is 1. The molecule has 0 atom stereocenters. The first kappa shape index (κ1) is 20.7. The highest BCUT2D eigenvalue weighted by molar-refractivity contribution is 8.26. The number of thiocarbonyl (C=S) groups is 1. The molecule has 8 heteroatoms. The number of hydrogen-bond donors (Lipinski definition) is 1. The van der Waals surface area contributed by atoms with Crippen molar-refractivity contribution < 1.29 is 19.0 Å². The molecule has 0 aromatic heterocycles. The maximum Gasteiger partial charge on any atom is 0.263 e. The lowest BCUT2D eigenvalue weighted by Crippen LogP contribution is -2.17. The van der Waals surface area contributed by atoms with E-state index in [1.165, 1.54) is 11.8 Å². The van der Waals surface area contributed by atoms with E-state index in [-0.39, 0.29) is 5.91 Å². The summed E-state index contributed by atoms with van der Waals surface area (Å²) in [4.78, 5) is 12.4. The smallest absolute Gasteiger partial charge is 0.263 e. The maximum absolute atomic E-state index is 11.9. The number of para-hydroxylation sites is 1. The van der Waals surface area contributed by atoms with Crippen LogP contribution in [0.5, 0.6) is 11.5 Å². The molecule has 3 rings (SSSR count). The van der Waals surface area contributed by atoms with Crippen LogP contribution < -0.4 is 14.8 Å². The van der Waals surface area contributed by atoms with Crippen LogP contribution >= 0.6 is 35.6 Å². The van der Waals surface area contributed by atoms with Crippen molar-refractivity contribution in [2.24, 2.45) is 0 Å². The summed E-state index contributed by atoms with van der Waals surface area (Å²) in [6, 6.07) is 14.8. The number of carbonyl (C=O) groups is 1. The van der Waals surface area contributed by atoms with Gasteiger partial charge in [0, 0.05) is 10.6 Å². The third-order valence-corrected chi connectivity index (χ3v) is 5.02. The van der Waals surface area contributed by atoms with E-state index in [9.17, 15) is 4.79 Å². The molecule has 0 unspecified atom stereocenters. The Morgan fingerprint density at radius 2 is 1.79 bits per heavy atom. The molecular weight excluding hydrogens is 418 g/mol. The van der Waals surface area contributed by atoms with Gasteiger partial charge in [-0.05, 0) is 36.4 Å². The molecule has 0 spiro atoms. The van der Waals surface area contributed by atoms with E-state index < -0.39 is 0 Å². The van der Waals surface area contributed by atoms with Gasteiger partial charge in [0.05, 0.1) is 18.1 Å². The van der Waals surface area contributed by atoms with Crippen molar-refractivity contribution in [1.82, 2.24) is 5.32 Å². The van der Waals surface area contributed by atoms with E-state index in [2.05, 4.69) is 5.32 Å². The van der Waals surface area contributed by atoms with Crippen molar-refractivity contribution in [3.05, 3.63) is 64.0 Å². The summed E-state index contributed by atoms with van der Waals surface area (Å²) in [5.41, 5.74) is 0.710. The fraction of sp³-hybridized carbons (Fsp3) is 0.200. The van der Waals surface area contributed by atoms with Crippen LogP contribution in [0.2, 0.25) is 5.02 Å². The quantitative estimate of drug-likeness (QED) is 0.360. The first-order valence-corrected chi connectivity index (χ1v) is 10.1. The zero-order valence-electron chi connectivity index (χ0n) is 14.9. The van der Waals surface area contributed by atoms with Gasteiger partial charge in [-0.1, -0.05) is 53.8 Å². The first-order chi connectivity index (χ1) is 13.6. The Bertz CT molecular complexity index is 874. The zero-order valence-corrected chi connectivity index (χ0v) is 17.2. The third-order valence-electron chi connectivity index (χ3n) is 3.63. The van der Waals surface area contributed by atoms with Crippen molar-refractivity contribution in [2.45, 2.75) is 0 Å². The van der Waals surface area contributed by atoms with Crippen molar-refractivity contribution in [2.75, 3.05) is 26.4 Å². The molecule has 1 aliphatic rings. The first-order valence-electron chi connectivity index (χ1n) is 8.54. The molecule has 0 aliphatic carbocycles. The minimum atomic E-state index is -0.220. The second-order valence-corrected chi connectivity index (χ2v) is 7.81. The summed E-state index contributed by atoms with van der Waals surface area (Å²) in [7, 11) is 0. The lowest BCUT2D eigenvalue weighted by atomic mass is 10.2. The summed E-state index contributed by atoms with van der Waals surface area (Å²) >= 11 is 12.3. The zero-order chi connectivity index (χ0) is 19.8. The summed E-state index contributed by atoms with van der Waals surface area (Å²) in [6.45, 7) is 1.70. The molecule has 1 heterocycles. The molecule has 1 N–H and O–H groups in total. The van der Waals surface area contributed by atoms with Crippen LogP contribution in [0.15, 0.2) is 53.4 Å². The Morgan fingerprint density at radius 3 is 2.50 bits per heavy atom. The Hall–Kier alpha value is -2.06. The summed E-state index contributed by atoms with van der Waals surface area (Å²) in [5.74, 6) is 1.21. The molecule has 0 bridgehead atoms. The van der Waals surface area contributed by atoms with Crippen LogP contribution in [0, 0.1) is 0 Å². The number of hydrogen-bond acceptors (Lipinski definition) is 6. The van der Waals surface area contributed by atoms with Crippen LogP contribution in [0.25, 0.3) is 6.08 Å². The normalized spacial score (nSPS) is 15.0. The predicted octanol–water partition coefficient (Wildman–Crippen LogP) is 4.30. The van der Waals surface area contributed by atoms with Gasteiger partial charge in [0.1, 0.15) is 29.0 Å². The summed E-state index contributed by atoms with van der Waals surface area (Å²) in [5, 5.41) is 3.14. The highest BCUT2D eigenvalue weighted by Gasteiger charge is 2.22. The Kier molecular flexibility index (Phi) is 7.73. The van der Waals surface area contributed by atoms with Gasteiger partial charge < -0.3 is 19.5 Å². The second kappa shape index (κ2) is 10.5. The number of amides is 1. The number of ether oxygens (including phenoxy) is 3. The Balaban J connectivity index is 1.46. The lowest BCUT2D eigenvalue weighted by Gasteiger charge is -2.11. The van der Waals surface area contributed by atoms with Crippen molar-refractivity contribution in [3.63, 3.8) is 0 Å². The standard InChI is InChI=1S/C20H18ClNO4S2/c21-15-6-7-17(14(12-15)13-18-19(23)22-20(27)28-18)26-11-9-24-8-10-25-16-4-2-1-3-5-16/h1-7,12-13H,8-11H2,(H,22,23,27). The van der Waals surface area contributed by atoms with Crippen molar-refractivity contribution in [3.8, 4) is 11.5 Å². The van der Waals surface area contributed by atoms with E-state index in [1.54, 1.807) is 24.3 Å². The molecule has 1 fully saturated rings. The highest BCUT2D eigenvalue weighted by Crippen LogP contribution is 2.31. The predicted molar refractivity (Wildman–Crippen MR) is 116 cm³/mol. The minimum absolute atomic E-state index is 0.220. The number of benzene rings is 2. The van der Waals surface area contributed by atoms with Gasteiger partial charge in [-0.2, -0.15) is 0 Å². The number of carbonyl (C=O) groups excluding carboxylic acids is 1. The van der Waals surface area contributed by atoms with Crippen LogP contribution in [0.4, 0.5) is 0 Å². The molecule has 28 heavy (non-hydrogen) atoms. The van der Waals surface area contributed by atoms with Crippen LogP contribution in [-0.2, 0) is 9.53 Å². The Labute approximate surface area is 178 Å². The van der Waals surface area contributed by atoms with E-state index in [0.717, 1.165) is 5.75 Å². The second-order valence-electron chi connectivity index (χ2n) is 5.66. The van der Waals surface area contributed by atoms with E-state index >= 15 is 0 Å². The van der Waals surface area contributed by atoms with Crippen LogP contribution in [-0.4, -0.2) is 36.7 Å². The molecule has 0 radical (unpaired) electrons. The van der Waals surface area contributed by atoms with E-state index in [0.29, 0.717) is 52.0 Å². The number of thioether (sulfide) groups is 1. The molecule has 0 saturated carbocycles. The van der Waals surface area contributed by atoms with Gasteiger partial charge in [0.25, 0.3) is 5.91 Å². The van der Waals surface area contributed by atoms with Gasteiger partial charge in [0.15, 0.2) is 0 Å². The lowest BCUT2D eigenvalue weighted by molar-refractivity contribution is -0.115. The SMILES string of the molecule is O=C1NC(=S)SC1=Cc1cc(Cl)ccc1OCCOCCOc1ccccc1. The maximum atomic E-state index is 11.9. The average Bonchev–Trinajstić information content (AvgIpc) is 3.00. The largest absolute Gasteiger partial charge is 0.491 e. The van der Waals surface area contributed by atoms with Crippen LogP contribution in [0.3, 0.4) is 0 Å². The van der Waals surface area contributed by atoms with Crippen molar-refractivity contribution in [1.29, 1.82) is 0 Å². The molecule has 2 aromatic carbocycles. The fourth-order valence-electron chi connectivity index (χ4n) is 2.37. The van der Waals surface area contributed by atoms with Gasteiger partial charge in [0.2, 0.25) is 0 Å². The van der Waals surface area contributed by atoms with Gasteiger partial charge in [-0.15, -0.1) is 0 Å². The highest BCUT2D eigenvalue weighted by atomic mass is 35.5. The van der Waals surface area contributed by atoms with E-state index in [1.807, 2.05) is 30.3 Å². The van der Waals surface area contributed by atoms with Crippen LogP contribution in [0.1, 0.15) is 5.56 Å². The topological polar surface area (TPSA) is 56.8 Å². The average molecular weight is 436 g/mol.